The molecule has 0 saturated carbocycles. The molecule has 1 atom stereocenters. The van der Waals surface area contributed by atoms with Crippen LogP contribution in [0.1, 0.15) is 30.6 Å². The van der Waals surface area contributed by atoms with Crippen LogP contribution in [0.5, 0.6) is 0 Å². The number of carboxylic acids is 1. The second-order valence-electron chi connectivity index (χ2n) is 4.02. The molecule has 0 aliphatic rings. The van der Waals surface area contributed by atoms with Gasteiger partial charge in [0.25, 0.3) is 0 Å². The quantitative estimate of drug-likeness (QED) is 0.788. The molecule has 0 radical (unpaired) electrons. The minimum atomic E-state index is -1.46. The summed E-state index contributed by atoms with van der Waals surface area (Å²) in [4.78, 5) is 22.4. The Labute approximate surface area is 108 Å². The SMILES string of the molecule is CCC(C)NC(=O)Nc1cc(F)c(F)cc1C(=O)O. The normalized spacial score (nSPS) is 11.8. The third-order valence-electron chi connectivity index (χ3n) is 2.53. The van der Waals surface area contributed by atoms with E-state index in [0.29, 0.717) is 18.6 Å². The first-order valence-corrected chi connectivity index (χ1v) is 5.65. The molecular formula is C12H14F2N2O3. The van der Waals surface area contributed by atoms with E-state index in [1.54, 1.807) is 6.92 Å². The molecule has 0 aliphatic carbocycles. The second-order valence-corrected chi connectivity index (χ2v) is 4.02. The summed E-state index contributed by atoms with van der Waals surface area (Å²) in [5.74, 6) is -3.98. The third kappa shape index (κ3) is 3.90. The lowest BCUT2D eigenvalue weighted by molar-refractivity contribution is 0.0697. The number of urea groups is 1. The van der Waals surface area contributed by atoms with Crippen LogP contribution >= 0.6 is 0 Å². The van der Waals surface area contributed by atoms with Crippen molar-refractivity contribution in [2.24, 2.45) is 0 Å². The summed E-state index contributed by atoms with van der Waals surface area (Å²) in [7, 11) is 0. The molecule has 2 amide bonds. The van der Waals surface area contributed by atoms with Crippen molar-refractivity contribution >= 4 is 17.7 Å². The first kappa shape index (κ1) is 14.9. The molecule has 5 nitrogen and oxygen atoms in total. The van der Waals surface area contributed by atoms with Crippen LogP contribution in [0.3, 0.4) is 0 Å². The third-order valence-corrected chi connectivity index (χ3v) is 2.53. The van der Waals surface area contributed by atoms with Gasteiger partial charge in [0.1, 0.15) is 0 Å². The summed E-state index contributed by atoms with van der Waals surface area (Å²) in [6, 6.07) is 0.354. The molecule has 104 valence electrons. The first-order valence-electron chi connectivity index (χ1n) is 5.65. The number of amides is 2. The van der Waals surface area contributed by atoms with Crippen LogP contribution in [0.2, 0.25) is 0 Å². The van der Waals surface area contributed by atoms with Gasteiger partial charge in [-0.1, -0.05) is 6.92 Å². The zero-order valence-electron chi connectivity index (χ0n) is 10.5. The summed E-state index contributed by atoms with van der Waals surface area (Å²) in [5.41, 5.74) is -0.814. The largest absolute Gasteiger partial charge is 0.478 e. The fourth-order valence-electron chi connectivity index (χ4n) is 1.31. The van der Waals surface area contributed by atoms with Gasteiger partial charge in [0.15, 0.2) is 11.6 Å². The predicted octanol–water partition coefficient (Wildman–Crippen LogP) is 2.58. The molecule has 0 saturated heterocycles. The molecule has 0 bridgehead atoms. The zero-order valence-corrected chi connectivity index (χ0v) is 10.5. The van der Waals surface area contributed by atoms with Gasteiger partial charge in [0.2, 0.25) is 0 Å². The van der Waals surface area contributed by atoms with Gasteiger partial charge in [-0.2, -0.15) is 0 Å². The highest BCUT2D eigenvalue weighted by atomic mass is 19.2. The number of aromatic carboxylic acids is 1. The Kier molecular flexibility index (Phi) is 4.80. The highest BCUT2D eigenvalue weighted by Crippen LogP contribution is 2.20. The number of rotatable bonds is 4. The van der Waals surface area contributed by atoms with E-state index in [-0.39, 0.29) is 11.7 Å². The maximum absolute atomic E-state index is 13.1. The number of benzene rings is 1. The molecule has 0 spiro atoms. The molecule has 19 heavy (non-hydrogen) atoms. The number of carboxylic acid groups (broad SMARTS) is 1. The number of halogens is 2. The van der Waals surface area contributed by atoms with E-state index in [4.69, 9.17) is 5.11 Å². The topological polar surface area (TPSA) is 78.4 Å². The summed E-state index contributed by atoms with van der Waals surface area (Å²) >= 11 is 0. The van der Waals surface area contributed by atoms with Gasteiger partial charge >= 0.3 is 12.0 Å². The standard InChI is InChI=1S/C12H14F2N2O3/c1-3-6(2)15-12(19)16-10-5-9(14)8(13)4-7(10)11(17)18/h4-6H,3H2,1-2H3,(H,17,18)(H2,15,16,19). The van der Waals surface area contributed by atoms with Crippen molar-refractivity contribution in [1.82, 2.24) is 5.32 Å². The average Bonchev–Trinajstić information content (AvgIpc) is 2.32. The van der Waals surface area contributed by atoms with Crippen molar-refractivity contribution in [3.05, 3.63) is 29.3 Å². The van der Waals surface area contributed by atoms with Crippen LogP contribution < -0.4 is 10.6 Å². The molecule has 1 aromatic rings. The maximum Gasteiger partial charge on any atom is 0.337 e. The maximum atomic E-state index is 13.1. The van der Waals surface area contributed by atoms with Crippen LogP contribution in [-0.2, 0) is 0 Å². The minimum absolute atomic E-state index is 0.126. The highest BCUT2D eigenvalue weighted by molar-refractivity contribution is 6.00. The second kappa shape index (κ2) is 6.12. The molecule has 7 heteroatoms. The van der Waals surface area contributed by atoms with Crippen LogP contribution in [0.15, 0.2) is 12.1 Å². The van der Waals surface area contributed by atoms with E-state index in [1.165, 1.54) is 0 Å². The Bertz CT molecular complexity index is 506. The molecule has 0 aromatic heterocycles. The monoisotopic (exact) mass is 272 g/mol. The zero-order chi connectivity index (χ0) is 14.6. The van der Waals surface area contributed by atoms with Crippen molar-refractivity contribution < 1.29 is 23.5 Å². The van der Waals surface area contributed by atoms with Crippen LogP contribution in [0, 0.1) is 11.6 Å². The first-order chi connectivity index (χ1) is 8.85. The fourth-order valence-corrected chi connectivity index (χ4v) is 1.31. The van der Waals surface area contributed by atoms with Crippen molar-refractivity contribution in [1.29, 1.82) is 0 Å². The number of carbonyl (C=O) groups excluding carboxylic acids is 1. The van der Waals surface area contributed by atoms with Crippen molar-refractivity contribution in [2.75, 3.05) is 5.32 Å². The van der Waals surface area contributed by atoms with Crippen LogP contribution in [-0.4, -0.2) is 23.1 Å². The lowest BCUT2D eigenvalue weighted by atomic mass is 10.1. The molecule has 3 N–H and O–H groups in total. The van der Waals surface area contributed by atoms with E-state index in [0.717, 1.165) is 0 Å². The van der Waals surface area contributed by atoms with Gasteiger partial charge in [-0.3, -0.25) is 0 Å². The lowest BCUT2D eigenvalue weighted by Gasteiger charge is -2.14. The van der Waals surface area contributed by atoms with Gasteiger partial charge in [0, 0.05) is 12.1 Å². The molecule has 1 rings (SSSR count). The van der Waals surface area contributed by atoms with Gasteiger partial charge in [-0.05, 0) is 19.4 Å². The number of nitrogens with one attached hydrogen (secondary N) is 2. The summed E-state index contributed by atoms with van der Waals surface area (Å²) in [5, 5.41) is 13.6. The molecule has 0 aliphatic heterocycles. The van der Waals surface area contributed by atoms with E-state index in [2.05, 4.69) is 10.6 Å². The van der Waals surface area contributed by atoms with Crippen molar-refractivity contribution in [3.63, 3.8) is 0 Å². The number of hydrogen-bond acceptors (Lipinski definition) is 2. The number of hydrogen-bond donors (Lipinski definition) is 3. The highest BCUT2D eigenvalue weighted by Gasteiger charge is 2.17. The van der Waals surface area contributed by atoms with Gasteiger partial charge in [0.05, 0.1) is 11.3 Å². The molecule has 1 unspecified atom stereocenters. The van der Waals surface area contributed by atoms with E-state index >= 15 is 0 Å². The van der Waals surface area contributed by atoms with Crippen LogP contribution in [0.4, 0.5) is 19.3 Å². The lowest BCUT2D eigenvalue weighted by Crippen LogP contribution is -2.36. The van der Waals surface area contributed by atoms with Crippen molar-refractivity contribution in [2.45, 2.75) is 26.3 Å². The molecule has 0 fully saturated rings. The summed E-state index contributed by atoms with van der Waals surface area (Å²) < 4.78 is 26.0. The Hall–Kier alpha value is -2.18. The molecule has 0 heterocycles. The van der Waals surface area contributed by atoms with Gasteiger partial charge < -0.3 is 15.7 Å². The predicted molar refractivity (Wildman–Crippen MR) is 65.2 cm³/mol. The Morgan fingerprint density at radius 3 is 2.42 bits per heavy atom. The number of carbonyl (C=O) groups is 2. The van der Waals surface area contributed by atoms with E-state index in [1.807, 2.05) is 6.92 Å². The van der Waals surface area contributed by atoms with E-state index < -0.39 is 29.2 Å². The fraction of sp³-hybridized carbons (Fsp3) is 0.333. The Balaban J connectivity index is 2.97. The van der Waals surface area contributed by atoms with Crippen LogP contribution in [0.25, 0.3) is 0 Å². The van der Waals surface area contributed by atoms with Gasteiger partial charge in [-0.25, -0.2) is 18.4 Å². The average molecular weight is 272 g/mol. The smallest absolute Gasteiger partial charge is 0.337 e. The summed E-state index contributed by atoms with van der Waals surface area (Å²) in [6.45, 7) is 3.61. The Morgan fingerprint density at radius 2 is 1.89 bits per heavy atom. The van der Waals surface area contributed by atoms with Crippen molar-refractivity contribution in [3.8, 4) is 0 Å². The molecule has 1 aromatic carbocycles. The summed E-state index contributed by atoms with van der Waals surface area (Å²) in [6.07, 6.45) is 0.678. The Morgan fingerprint density at radius 1 is 1.32 bits per heavy atom. The molecular weight excluding hydrogens is 258 g/mol. The number of anilines is 1. The minimum Gasteiger partial charge on any atom is -0.478 e. The van der Waals surface area contributed by atoms with E-state index in [9.17, 15) is 18.4 Å². The van der Waals surface area contributed by atoms with Gasteiger partial charge in [-0.15, -0.1) is 0 Å².